The molecular formula is C27H33FN4O4. The van der Waals surface area contributed by atoms with Crippen LogP contribution in [0.2, 0.25) is 0 Å². The summed E-state index contributed by atoms with van der Waals surface area (Å²) in [6.45, 7) is 7.84. The monoisotopic (exact) mass is 496 g/mol. The lowest BCUT2D eigenvalue weighted by Gasteiger charge is -2.21. The second kappa shape index (κ2) is 11.5. The van der Waals surface area contributed by atoms with Gasteiger partial charge in [0.25, 0.3) is 0 Å². The van der Waals surface area contributed by atoms with Crippen molar-refractivity contribution in [1.82, 2.24) is 14.8 Å². The van der Waals surface area contributed by atoms with E-state index < -0.39 is 24.6 Å². The number of hydrogen-bond acceptors (Lipinski definition) is 6. The topological polar surface area (TPSA) is 121 Å². The van der Waals surface area contributed by atoms with E-state index in [2.05, 4.69) is 10.4 Å². The highest BCUT2D eigenvalue weighted by Crippen LogP contribution is 2.37. The number of hydrogen-bond donors (Lipinski definition) is 4. The first-order chi connectivity index (χ1) is 17.0. The van der Waals surface area contributed by atoms with Crippen LogP contribution in [0.1, 0.15) is 55.1 Å². The molecule has 2 heterocycles. The van der Waals surface area contributed by atoms with Gasteiger partial charge in [-0.2, -0.15) is 5.10 Å². The molecule has 36 heavy (non-hydrogen) atoms. The molecule has 0 aliphatic carbocycles. The van der Waals surface area contributed by atoms with E-state index in [4.69, 9.17) is 10.1 Å². The molecule has 0 spiro atoms. The Hall–Kier alpha value is -3.56. The van der Waals surface area contributed by atoms with Crippen LogP contribution in [-0.2, 0) is 11.8 Å². The zero-order valence-electron chi connectivity index (χ0n) is 21.2. The van der Waals surface area contributed by atoms with E-state index in [0.29, 0.717) is 5.82 Å². The highest BCUT2D eigenvalue weighted by atomic mass is 19.1. The van der Waals surface area contributed by atoms with E-state index in [1.807, 2.05) is 40.8 Å². The number of aliphatic hydroxyl groups is 2. The number of anilines is 2. The number of rotatable bonds is 10. The van der Waals surface area contributed by atoms with Gasteiger partial charge in [0.15, 0.2) is 0 Å². The summed E-state index contributed by atoms with van der Waals surface area (Å²) >= 11 is 0. The Morgan fingerprint density at radius 3 is 2.42 bits per heavy atom. The molecule has 1 aromatic carbocycles. The number of aryl methyl sites for hydroxylation is 2. The van der Waals surface area contributed by atoms with Gasteiger partial charge in [-0.3, -0.25) is 9.48 Å². The molecule has 0 amide bonds. The Kier molecular flexibility index (Phi) is 8.60. The number of halogens is 1. The number of aliphatic hydroxyl groups excluding tert-OH is 2. The van der Waals surface area contributed by atoms with Crippen LogP contribution < -0.4 is 5.32 Å². The van der Waals surface area contributed by atoms with Gasteiger partial charge in [-0.1, -0.05) is 38.1 Å². The molecule has 3 aromatic rings. The van der Waals surface area contributed by atoms with Crippen molar-refractivity contribution >= 4 is 23.7 Å². The molecule has 2 aromatic heterocycles. The predicted octanol–water partition coefficient (Wildman–Crippen LogP) is 4.70. The van der Waals surface area contributed by atoms with Crippen molar-refractivity contribution in [2.75, 3.05) is 5.32 Å². The molecule has 0 saturated carbocycles. The second-order valence-electron chi connectivity index (χ2n) is 9.25. The molecule has 192 valence electrons. The van der Waals surface area contributed by atoms with Gasteiger partial charge >= 0.3 is 5.97 Å². The fourth-order valence-electron chi connectivity index (χ4n) is 4.13. The summed E-state index contributed by atoms with van der Waals surface area (Å²) in [5.41, 5.74) is 4.81. The predicted molar refractivity (Wildman–Crippen MR) is 138 cm³/mol. The minimum atomic E-state index is -1.17. The number of carboxylic acids is 1. The third-order valence-electron chi connectivity index (χ3n) is 5.84. The number of benzene rings is 1. The van der Waals surface area contributed by atoms with Crippen LogP contribution in [0.3, 0.4) is 0 Å². The molecule has 0 aliphatic rings. The molecule has 8 nitrogen and oxygen atoms in total. The molecule has 0 aliphatic heterocycles. The fourth-order valence-corrected chi connectivity index (χ4v) is 4.13. The van der Waals surface area contributed by atoms with Crippen LogP contribution in [-0.4, -0.2) is 48.3 Å². The molecule has 0 unspecified atom stereocenters. The van der Waals surface area contributed by atoms with Crippen molar-refractivity contribution in [2.45, 2.75) is 58.7 Å². The van der Waals surface area contributed by atoms with Crippen molar-refractivity contribution in [3.63, 3.8) is 0 Å². The normalized spacial score (nSPS) is 13.4. The Morgan fingerprint density at radius 1 is 1.19 bits per heavy atom. The van der Waals surface area contributed by atoms with Gasteiger partial charge < -0.3 is 20.6 Å². The molecule has 0 radical (unpaired) electrons. The molecule has 0 saturated heterocycles. The van der Waals surface area contributed by atoms with Crippen LogP contribution in [0.25, 0.3) is 17.2 Å². The highest BCUT2D eigenvalue weighted by Gasteiger charge is 2.21. The molecule has 0 bridgehead atoms. The third kappa shape index (κ3) is 6.56. The van der Waals surface area contributed by atoms with Crippen molar-refractivity contribution in [2.24, 2.45) is 7.05 Å². The average molecular weight is 497 g/mol. The number of aliphatic carboxylic acids is 1. The van der Waals surface area contributed by atoms with Gasteiger partial charge in [-0.25, -0.2) is 9.37 Å². The summed E-state index contributed by atoms with van der Waals surface area (Å²) in [5, 5.41) is 36.9. The molecule has 4 N–H and O–H groups in total. The van der Waals surface area contributed by atoms with Crippen LogP contribution >= 0.6 is 0 Å². The zero-order chi connectivity index (χ0) is 26.6. The molecule has 2 atom stereocenters. The lowest BCUT2D eigenvalue weighted by molar-refractivity contribution is -0.139. The summed E-state index contributed by atoms with van der Waals surface area (Å²) < 4.78 is 15.5. The van der Waals surface area contributed by atoms with Crippen molar-refractivity contribution in [3.8, 4) is 11.1 Å². The van der Waals surface area contributed by atoms with Gasteiger partial charge in [-0.15, -0.1) is 0 Å². The van der Waals surface area contributed by atoms with E-state index >= 15 is 0 Å². The standard InChI is InChI=1S/C27H33FN4O4/c1-15(2)26-22(11-10-20(33)13-21(34)14-24(35)36)25(18-6-8-19(28)9-7-18)17(4)27(30-26)29-23-12-16(3)31-32(23)5/h6-12,15,20-21,33-34H,13-14H2,1-5H3,(H,29,30)(H,35,36)/b11-10+/t20-,21-/m1/s1. The summed E-state index contributed by atoms with van der Waals surface area (Å²) in [4.78, 5) is 15.7. The smallest absolute Gasteiger partial charge is 0.305 e. The Labute approximate surface area is 210 Å². The lowest BCUT2D eigenvalue weighted by atomic mass is 9.90. The van der Waals surface area contributed by atoms with Gasteiger partial charge in [-0.05, 0) is 43.0 Å². The number of pyridine rings is 1. The van der Waals surface area contributed by atoms with Crippen LogP contribution in [0.5, 0.6) is 0 Å². The van der Waals surface area contributed by atoms with Gasteiger partial charge in [0.1, 0.15) is 17.5 Å². The lowest BCUT2D eigenvalue weighted by Crippen LogP contribution is -2.19. The first-order valence-electron chi connectivity index (χ1n) is 11.8. The van der Waals surface area contributed by atoms with E-state index in [1.165, 1.54) is 18.2 Å². The van der Waals surface area contributed by atoms with E-state index in [1.54, 1.807) is 22.9 Å². The number of carboxylic acid groups (broad SMARTS) is 1. The maximum atomic E-state index is 13.7. The largest absolute Gasteiger partial charge is 0.481 e. The van der Waals surface area contributed by atoms with Crippen LogP contribution in [0.4, 0.5) is 16.0 Å². The Morgan fingerprint density at radius 2 is 1.86 bits per heavy atom. The summed E-state index contributed by atoms with van der Waals surface area (Å²) in [7, 11) is 1.84. The minimum Gasteiger partial charge on any atom is -0.481 e. The molecule has 0 fully saturated rings. The van der Waals surface area contributed by atoms with Crippen molar-refractivity contribution < 1.29 is 24.5 Å². The minimum absolute atomic E-state index is 0.00742. The summed E-state index contributed by atoms with van der Waals surface area (Å²) in [5.74, 6) is -0.0679. The number of nitrogens with one attached hydrogen (secondary N) is 1. The van der Waals surface area contributed by atoms with Gasteiger partial charge in [0.05, 0.1) is 30.0 Å². The van der Waals surface area contributed by atoms with Gasteiger partial charge in [0.2, 0.25) is 0 Å². The van der Waals surface area contributed by atoms with Gasteiger partial charge in [0, 0.05) is 30.7 Å². The maximum absolute atomic E-state index is 13.7. The SMILES string of the molecule is Cc1cc(Nc2nc(C(C)C)c(/C=C/[C@@H](O)C[C@@H](O)CC(=O)O)c(-c3ccc(F)cc3)c2C)n(C)n1. The first kappa shape index (κ1) is 27.0. The molecule has 9 heteroatoms. The maximum Gasteiger partial charge on any atom is 0.305 e. The Bertz CT molecular complexity index is 1250. The zero-order valence-corrected chi connectivity index (χ0v) is 21.2. The first-order valence-corrected chi connectivity index (χ1v) is 11.8. The summed E-state index contributed by atoms with van der Waals surface area (Å²) in [6.07, 6.45) is 0.477. The van der Waals surface area contributed by atoms with E-state index in [9.17, 15) is 19.4 Å². The number of aromatic nitrogens is 3. The molecule has 3 rings (SSSR count). The van der Waals surface area contributed by atoms with E-state index in [-0.39, 0.29) is 18.2 Å². The van der Waals surface area contributed by atoms with E-state index in [0.717, 1.165) is 39.5 Å². The Balaban J connectivity index is 2.12. The average Bonchev–Trinajstić information content (AvgIpc) is 3.10. The number of nitrogens with zero attached hydrogens (tertiary/aromatic N) is 3. The molecular weight excluding hydrogens is 463 g/mol. The van der Waals surface area contributed by atoms with Crippen LogP contribution in [0, 0.1) is 19.7 Å². The second-order valence-corrected chi connectivity index (χ2v) is 9.25. The summed E-state index contributed by atoms with van der Waals surface area (Å²) in [6, 6.07) is 8.10. The number of carbonyl (C=O) groups is 1. The van der Waals surface area contributed by atoms with Crippen molar-refractivity contribution in [1.29, 1.82) is 0 Å². The third-order valence-corrected chi connectivity index (χ3v) is 5.84. The highest BCUT2D eigenvalue weighted by molar-refractivity contribution is 5.83. The van der Waals surface area contributed by atoms with Crippen LogP contribution in [0.15, 0.2) is 36.4 Å². The quantitative estimate of drug-likeness (QED) is 0.321. The van der Waals surface area contributed by atoms with Crippen molar-refractivity contribution in [3.05, 3.63) is 64.7 Å². The fraction of sp³-hybridized carbons (Fsp3) is 0.370.